The molecule has 0 radical (unpaired) electrons. The largest absolute Gasteiger partial charge is 0.478 e. The minimum absolute atomic E-state index is 0.00712. The molecule has 0 unspecified atom stereocenters. The Kier molecular flexibility index (Phi) is 4.86. The van der Waals surface area contributed by atoms with E-state index in [1.165, 1.54) is 37.8 Å². The number of halogens is 1. The number of aromatic carboxylic acids is 1. The molecule has 2 rings (SSSR count). The van der Waals surface area contributed by atoms with Crippen molar-refractivity contribution in [2.75, 3.05) is 11.9 Å². The molecule has 1 aromatic carbocycles. The highest BCUT2D eigenvalue weighted by molar-refractivity contribution is 5.94. The minimum atomic E-state index is -1.10. The number of hydrogen-bond donors (Lipinski definition) is 2. The van der Waals surface area contributed by atoms with Crippen molar-refractivity contribution in [1.82, 2.24) is 0 Å². The van der Waals surface area contributed by atoms with Crippen LogP contribution in [-0.4, -0.2) is 17.6 Å². The van der Waals surface area contributed by atoms with Crippen molar-refractivity contribution in [3.05, 3.63) is 29.6 Å². The maximum Gasteiger partial charge on any atom is 0.337 e. The van der Waals surface area contributed by atoms with E-state index in [1.54, 1.807) is 0 Å². The molecule has 0 atom stereocenters. The van der Waals surface area contributed by atoms with Gasteiger partial charge in [-0.15, -0.1) is 0 Å². The molecule has 1 aliphatic rings. The lowest BCUT2D eigenvalue weighted by Crippen LogP contribution is -2.29. The molecule has 0 saturated heterocycles. The Morgan fingerprint density at radius 2 is 2.05 bits per heavy atom. The summed E-state index contributed by atoms with van der Waals surface area (Å²) in [4.78, 5) is 11.2. The van der Waals surface area contributed by atoms with Gasteiger partial charge in [0.25, 0.3) is 0 Å². The standard InChI is InChI=1S/C17H24FNO2/c1-12(2)10-17(7-3-4-8-17)11-19-15-6-5-13(18)9-14(15)16(20)21/h5-6,9,12,19H,3-4,7-8,10-11H2,1-2H3,(H,20,21). The maximum atomic E-state index is 13.2. The van der Waals surface area contributed by atoms with Crippen molar-refractivity contribution in [3.8, 4) is 0 Å². The van der Waals surface area contributed by atoms with Gasteiger partial charge in [0.15, 0.2) is 0 Å². The molecule has 1 saturated carbocycles. The van der Waals surface area contributed by atoms with Crippen LogP contribution in [0.25, 0.3) is 0 Å². The average molecular weight is 293 g/mol. The first-order valence-corrected chi connectivity index (χ1v) is 7.69. The number of nitrogens with one attached hydrogen (secondary N) is 1. The first kappa shape index (κ1) is 15.8. The minimum Gasteiger partial charge on any atom is -0.478 e. The van der Waals surface area contributed by atoms with Crippen molar-refractivity contribution in [1.29, 1.82) is 0 Å². The van der Waals surface area contributed by atoms with Crippen molar-refractivity contribution >= 4 is 11.7 Å². The zero-order valence-corrected chi connectivity index (χ0v) is 12.8. The van der Waals surface area contributed by atoms with Crippen LogP contribution in [0, 0.1) is 17.2 Å². The summed E-state index contributed by atoms with van der Waals surface area (Å²) >= 11 is 0. The number of anilines is 1. The fourth-order valence-corrected chi connectivity index (χ4v) is 3.57. The van der Waals surface area contributed by atoms with E-state index < -0.39 is 11.8 Å². The Labute approximate surface area is 125 Å². The van der Waals surface area contributed by atoms with Gasteiger partial charge >= 0.3 is 5.97 Å². The number of carboxylic acids is 1. The lowest BCUT2D eigenvalue weighted by molar-refractivity contribution is 0.0697. The van der Waals surface area contributed by atoms with Crippen LogP contribution in [0.1, 0.15) is 56.3 Å². The topological polar surface area (TPSA) is 49.3 Å². The van der Waals surface area contributed by atoms with Crippen LogP contribution in [0.2, 0.25) is 0 Å². The normalized spacial score (nSPS) is 17.1. The van der Waals surface area contributed by atoms with Crippen LogP contribution in [0.3, 0.4) is 0 Å². The van der Waals surface area contributed by atoms with Crippen LogP contribution >= 0.6 is 0 Å². The van der Waals surface area contributed by atoms with Gasteiger partial charge in [0.05, 0.1) is 5.56 Å². The number of carboxylic acid groups (broad SMARTS) is 1. The summed E-state index contributed by atoms with van der Waals surface area (Å²) in [6.45, 7) is 5.21. The fraction of sp³-hybridized carbons (Fsp3) is 0.588. The Balaban J connectivity index is 2.12. The van der Waals surface area contributed by atoms with Crippen molar-refractivity contribution in [3.63, 3.8) is 0 Å². The highest BCUT2D eigenvalue weighted by atomic mass is 19.1. The van der Waals surface area contributed by atoms with Crippen molar-refractivity contribution in [2.24, 2.45) is 11.3 Å². The van der Waals surface area contributed by atoms with Crippen molar-refractivity contribution in [2.45, 2.75) is 46.0 Å². The molecule has 0 aromatic heterocycles. The summed E-state index contributed by atoms with van der Waals surface area (Å²) in [5, 5.41) is 12.4. The molecular weight excluding hydrogens is 269 g/mol. The van der Waals surface area contributed by atoms with E-state index in [4.69, 9.17) is 0 Å². The van der Waals surface area contributed by atoms with Crippen LogP contribution in [0.4, 0.5) is 10.1 Å². The monoisotopic (exact) mass is 293 g/mol. The van der Waals surface area contributed by atoms with Gasteiger partial charge in [-0.25, -0.2) is 9.18 Å². The van der Waals surface area contributed by atoms with Crippen LogP contribution < -0.4 is 5.32 Å². The summed E-state index contributed by atoms with van der Waals surface area (Å²) < 4.78 is 13.2. The predicted molar refractivity (Wildman–Crippen MR) is 82.2 cm³/mol. The van der Waals surface area contributed by atoms with Gasteiger partial charge in [-0.05, 0) is 48.8 Å². The van der Waals surface area contributed by atoms with E-state index in [2.05, 4.69) is 19.2 Å². The van der Waals surface area contributed by atoms with E-state index in [0.717, 1.165) is 19.0 Å². The van der Waals surface area contributed by atoms with E-state index in [0.29, 0.717) is 11.6 Å². The third-order valence-corrected chi connectivity index (χ3v) is 4.37. The zero-order chi connectivity index (χ0) is 15.5. The van der Waals surface area contributed by atoms with Gasteiger partial charge < -0.3 is 10.4 Å². The van der Waals surface area contributed by atoms with E-state index in [9.17, 15) is 14.3 Å². The number of hydrogen-bond acceptors (Lipinski definition) is 2. The molecule has 3 nitrogen and oxygen atoms in total. The molecule has 0 spiro atoms. The molecule has 1 fully saturated rings. The summed E-state index contributed by atoms with van der Waals surface area (Å²) in [5.41, 5.74) is 0.768. The first-order chi connectivity index (χ1) is 9.92. The summed E-state index contributed by atoms with van der Waals surface area (Å²) in [6.07, 6.45) is 5.99. The summed E-state index contributed by atoms with van der Waals surface area (Å²) in [7, 11) is 0. The molecule has 0 heterocycles. The lowest BCUT2D eigenvalue weighted by Gasteiger charge is -2.32. The molecule has 2 N–H and O–H groups in total. The van der Waals surface area contributed by atoms with Crippen molar-refractivity contribution < 1.29 is 14.3 Å². The number of benzene rings is 1. The molecule has 1 aromatic rings. The van der Waals surface area contributed by atoms with E-state index in [1.807, 2.05) is 0 Å². The van der Waals surface area contributed by atoms with Crippen LogP contribution in [-0.2, 0) is 0 Å². The Morgan fingerprint density at radius 3 is 2.62 bits per heavy atom. The van der Waals surface area contributed by atoms with Gasteiger partial charge in [-0.2, -0.15) is 0 Å². The molecular formula is C17H24FNO2. The number of carbonyl (C=O) groups is 1. The molecule has 0 amide bonds. The van der Waals surface area contributed by atoms with Gasteiger partial charge in [0.2, 0.25) is 0 Å². The molecule has 0 aliphatic heterocycles. The second-order valence-corrected chi connectivity index (χ2v) is 6.65. The Hall–Kier alpha value is -1.58. The Bertz CT molecular complexity index is 508. The molecule has 21 heavy (non-hydrogen) atoms. The predicted octanol–water partition coefficient (Wildman–Crippen LogP) is 4.54. The lowest BCUT2D eigenvalue weighted by atomic mass is 9.78. The third kappa shape index (κ3) is 3.96. The van der Waals surface area contributed by atoms with Gasteiger partial charge in [-0.3, -0.25) is 0 Å². The fourth-order valence-electron chi connectivity index (χ4n) is 3.57. The first-order valence-electron chi connectivity index (χ1n) is 7.69. The summed E-state index contributed by atoms with van der Waals surface area (Å²) in [5.74, 6) is -0.992. The average Bonchev–Trinajstić information content (AvgIpc) is 2.85. The SMILES string of the molecule is CC(C)CC1(CNc2ccc(F)cc2C(=O)O)CCCC1. The van der Waals surface area contributed by atoms with Gasteiger partial charge in [-0.1, -0.05) is 26.7 Å². The second kappa shape index (κ2) is 6.46. The second-order valence-electron chi connectivity index (χ2n) is 6.65. The van der Waals surface area contributed by atoms with E-state index in [-0.39, 0.29) is 11.0 Å². The Morgan fingerprint density at radius 1 is 1.38 bits per heavy atom. The van der Waals surface area contributed by atoms with Crippen LogP contribution in [0.5, 0.6) is 0 Å². The smallest absolute Gasteiger partial charge is 0.337 e. The number of rotatable bonds is 6. The van der Waals surface area contributed by atoms with E-state index >= 15 is 0 Å². The summed E-state index contributed by atoms with van der Waals surface area (Å²) in [6, 6.07) is 3.91. The maximum absolute atomic E-state index is 13.2. The highest BCUT2D eigenvalue weighted by Gasteiger charge is 2.34. The van der Waals surface area contributed by atoms with Gasteiger partial charge in [0.1, 0.15) is 5.82 Å². The molecule has 1 aliphatic carbocycles. The highest BCUT2D eigenvalue weighted by Crippen LogP contribution is 2.43. The zero-order valence-electron chi connectivity index (χ0n) is 12.8. The quantitative estimate of drug-likeness (QED) is 0.809. The van der Waals surface area contributed by atoms with Gasteiger partial charge in [0, 0.05) is 12.2 Å². The molecule has 0 bridgehead atoms. The van der Waals surface area contributed by atoms with Crippen LogP contribution in [0.15, 0.2) is 18.2 Å². The third-order valence-electron chi connectivity index (χ3n) is 4.37. The molecule has 116 valence electrons. The molecule has 4 heteroatoms.